The number of hydrogen-bond acceptors (Lipinski definition) is 4. The molecule has 3 rings (SSSR count). The molecule has 0 radical (unpaired) electrons. The molecule has 1 saturated carbocycles. The van der Waals surface area contributed by atoms with Crippen molar-refractivity contribution in [1.29, 1.82) is 0 Å². The summed E-state index contributed by atoms with van der Waals surface area (Å²) in [6.07, 6.45) is 4.56. The van der Waals surface area contributed by atoms with Crippen LogP contribution in [0.15, 0.2) is 39.3 Å². The molecule has 3 nitrogen and oxygen atoms in total. The third-order valence-electron chi connectivity index (χ3n) is 2.90. The Morgan fingerprint density at radius 2 is 2.05 bits per heavy atom. The van der Waals surface area contributed by atoms with E-state index in [1.54, 1.807) is 23.5 Å². The Bertz CT molecular complexity index is 495. The van der Waals surface area contributed by atoms with E-state index < -0.39 is 0 Å². The van der Waals surface area contributed by atoms with Crippen LogP contribution in [0, 0.1) is 0 Å². The zero-order valence-corrected chi connectivity index (χ0v) is 13.1. The van der Waals surface area contributed by atoms with Gasteiger partial charge in [0.1, 0.15) is 0 Å². The largest absolute Gasteiger partial charge is 0.258 e. The fourth-order valence-electron chi connectivity index (χ4n) is 1.68. The van der Waals surface area contributed by atoms with Crippen molar-refractivity contribution < 1.29 is 0 Å². The van der Waals surface area contributed by atoms with E-state index in [0.717, 1.165) is 16.6 Å². The van der Waals surface area contributed by atoms with Crippen molar-refractivity contribution in [2.24, 2.45) is 10.1 Å². The summed E-state index contributed by atoms with van der Waals surface area (Å²) in [7, 11) is 0. The molecule has 0 spiro atoms. The fraction of sp³-hybridized carbons (Fsp3) is 0.385. The van der Waals surface area contributed by atoms with Crippen LogP contribution in [0.4, 0.5) is 0 Å². The van der Waals surface area contributed by atoms with E-state index in [4.69, 9.17) is 0 Å². The SMILES string of the molecule is CSc1ccc(C2=NNC(=NC3CC3)SC2)cc1.Cl. The van der Waals surface area contributed by atoms with Crippen molar-refractivity contribution in [2.75, 3.05) is 12.0 Å². The lowest BCUT2D eigenvalue weighted by molar-refractivity contribution is 0.985. The second kappa shape index (κ2) is 6.68. The van der Waals surface area contributed by atoms with Gasteiger partial charge < -0.3 is 0 Å². The molecule has 1 heterocycles. The number of amidine groups is 1. The first-order chi connectivity index (χ1) is 8.85. The van der Waals surface area contributed by atoms with Crippen molar-refractivity contribution in [3.8, 4) is 0 Å². The van der Waals surface area contributed by atoms with Gasteiger partial charge in [-0.05, 0) is 36.8 Å². The van der Waals surface area contributed by atoms with Gasteiger partial charge in [0.05, 0.1) is 11.8 Å². The van der Waals surface area contributed by atoms with Crippen molar-refractivity contribution in [3.05, 3.63) is 29.8 Å². The van der Waals surface area contributed by atoms with Crippen molar-refractivity contribution in [1.82, 2.24) is 5.43 Å². The maximum absolute atomic E-state index is 4.56. The third-order valence-corrected chi connectivity index (χ3v) is 4.53. The molecule has 102 valence electrons. The maximum Gasteiger partial charge on any atom is 0.177 e. The van der Waals surface area contributed by atoms with Crippen LogP contribution in [0.3, 0.4) is 0 Å². The fourth-order valence-corrected chi connectivity index (χ4v) is 2.93. The molecule has 1 N–H and O–H groups in total. The first-order valence-corrected chi connectivity index (χ1v) is 8.24. The van der Waals surface area contributed by atoms with Gasteiger partial charge in [0.25, 0.3) is 0 Å². The van der Waals surface area contributed by atoms with Gasteiger partial charge >= 0.3 is 0 Å². The van der Waals surface area contributed by atoms with Crippen LogP contribution in [0.5, 0.6) is 0 Å². The lowest BCUT2D eigenvalue weighted by Crippen LogP contribution is -2.25. The Labute approximate surface area is 128 Å². The number of nitrogens with zero attached hydrogens (tertiary/aromatic N) is 2. The van der Waals surface area contributed by atoms with Gasteiger partial charge in [-0.3, -0.25) is 10.4 Å². The molecule has 0 amide bonds. The number of aliphatic imine (C=N–C) groups is 1. The van der Waals surface area contributed by atoms with E-state index in [2.05, 4.69) is 46.0 Å². The molecule has 1 aromatic rings. The van der Waals surface area contributed by atoms with Crippen LogP contribution in [0.25, 0.3) is 0 Å². The molecule has 1 aliphatic heterocycles. The number of hydrogen-bond donors (Lipinski definition) is 1. The normalized spacial score (nSPS) is 20.5. The van der Waals surface area contributed by atoms with Gasteiger partial charge in [-0.15, -0.1) is 24.2 Å². The van der Waals surface area contributed by atoms with Gasteiger partial charge in [-0.1, -0.05) is 23.9 Å². The summed E-state index contributed by atoms with van der Waals surface area (Å²) < 4.78 is 0. The zero-order valence-electron chi connectivity index (χ0n) is 10.6. The predicted octanol–water partition coefficient (Wildman–Crippen LogP) is 3.39. The van der Waals surface area contributed by atoms with Crippen molar-refractivity contribution >= 4 is 46.8 Å². The molecule has 0 bridgehead atoms. The number of halogens is 1. The van der Waals surface area contributed by atoms with Crippen molar-refractivity contribution in [3.63, 3.8) is 0 Å². The zero-order chi connectivity index (χ0) is 12.4. The summed E-state index contributed by atoms with van der Waals surface area (Å²) in [5.41, 5.74) is 5.36. The average Bonchev–Trinajstić information content (AvgIpc) is 3.24. The topological polar surface area (TPSA) is 36.8 Å². The van der Waals surface area contributed by atoms with Crippen LogP contribution in [-0.2, 0) is 0 Å². The smallest absolute Gasteiger partial charge is 0.177 e. The highest BCUT2D eigenvalue weighted by atomic mass is 35.5. The minimum atomic E-state index is 0. The standard InChI is InChI=1S/C13H15N3S2.ClH/c1-17-11-6-2-9(3-7-11)12-8-18-13(16-15-12)14-10-4-5-10;/h2-3,6-7,10H,4-5,8H2,1H3,(H,14,16);1H. The highest BCUT2D eigenvalue weighted by molar-refractivity contribution is 8.14. The summed E-state index contributed by atoms with van der Waals surface area (Å²) >= 11 is 3.51. The molecule has 0 aromatic heterocycles. The molecule has 0 unspecified atom stereocenters. The molecule has 1 aromatic carbocycles. The molecule has 1 aliphatic carbocycles. The van der Waals surface area contributed by atoms with Crippen LogP contribution < -0.4 is 5.43 Å². The molecule has 1 fully saturated rings. The molecule has 19 heavy (non-hydrogen) atoms. The van der Waals surface area contributed by atoms with Crippen LogP contribution in [-0.4, -0.2) is 28.9 Å². The van der Waals surface area contributed by atoms with Gasteiger partial charge in [0.15, 0.2) is 5.17 Å². The van der Waals surface area contributed by atoms with E-state index in [-0.39, 0.29) is 12.4 Å². The van der Waals surface area contributed by atoms with Gasteiger partial charge in [0, 0.05) is 10.6 Å². The van der Waals surface area contributed by atoms with Gasteiger partial charge in [0.2, 0.25) is 0 Å². The lowest BCUT2D eigenvalue weighted by atomic mass is 10.1. The number of thioether (sulfide) groups is 2. The Morgan fingerprint density at radius 3 is 2.58 bits per heavy atom. The summed E-state index contributed by atoms with van der Waals surface area (Å²) in [5, 5.41) is 5.40. The summed E-state index contributed by atoms with van der Waals surface area (Å²) in [6.45, 7) is 0. The molecule has 6 heteroatoms. The quantitative estimate of drug-likeness (QED) is 0.869. The van der Waals surface area contributed by atoms with Gasteiger partial charge in [-0.2, -0.15) is 5.10 Å². The second-order valence-electron chi connectivity index (χ2n) is 4.35. The lowest BCUT2D eigenvalue weighted by Gasteiger charge is -2.14. The van der Waals surface area contributed by atoms with E-state index >= 15 is 0 Å². The second-order valence-corrected chi connectivity index (χ2v) is 6.20. The van der Waals surface area contributed by atoms with Crippen LogP contribution >= 0.6 is 35.9 Å². The molecule has 2 aliphatic rings. The Morgan fingerprint density at radius 1 is 1.32 bits per heavy atom. The van der Waals surface area contributed by atoms with Crippen LogP contribution in [0.2, 0.25) is 0 Å². The number of rotatable bonds is 3. The van der Waals surface area contributed by atoms with Crippen molar-refractivity contribution in [2.45, 2.75) is 23.8 Å². The Hall–Kier alpha value is -0.650. The molecular weight excluding hydrogens is 298 g/mol. The minimum absolute atomic E-state index is 0. The van der Waals surface area contributed by atoms with E-state index in [0.29, 0.717) is 6.04 Å². The monoisotopic (exact) mass is 313 g/mol. The first kappa shape index (κ1) is 14.8. The van der Waals surface area contributed by atoms with Crippen LogP contribution in [0.1, 0.15) is 18.4 Å². The summed E-state index contributed by atoms with van der Waals surface area (Å²) in [6, 6.07) is 9.10. The number of benzene rings is 1. The number of hydrazone groups is 1. The van der Waals surface area contributed by atoms with E-state index in [1.165, 1.54) is 23.3 Å². The highest BCUT2D eigenvalue weighted by Crippen LogP contribution is 2.25. The van der Waals surface area contributed by atoms with Gasteiger partial charge in [-0.25, -0.2) is 0 Å². The Balaban J connectivity index is 0.00000133. The molecule has 0 atom stereocenters. The van der Waals surface area contributed by atoms with E-state index in [1.807, 2.05) is 0 Å². The highest BCUT2D eigenvalue weighted by Gasteiger charge is 2.22. The summed E-state index contributed by atoms with van der Waals surface area (Å²) in [4.78, 5) is 5.85. The minimum Gasteiger partial charge on any atom is -0.258 e. The van der Waals surface area contributed by atoms with E-state index in [9.17, 15) is 0 Å². The average molecular weight is 314 g/mol. The first-order valence-electron chi connectivity index (χ1n) is 6.03. The summed E-state index contributed by atoms with van der Waals surface area (Å²) in [5.74, 6) is 0.900. The molecular formula is C13H16ClN3S2. The number of nitrogens with one attached hydrogen (secondary N) is 1. The maximum atomic E-state index is 4.56. The predicted molar refractivity (Wildman–Crippen MR) is 88.1 cm³/mol. The third kappa shape index (κ3) is 3.91. The molecule has 0 saturated heterocycles. The Kier molecular flexibility index (Phi) is 5.19.